The summed E-state index contributed by atoms with van der Waals surface area (Å²) in [6.45, 7) is 13.4. The summed E-state index contributed by atoms with van der Waals surface area (Å²) >= 11 is 0. The summed E-state index contributed by atoms with van der Waals surface area (Å²) in [6, 6.07) is 0. The van der Waals surface area contributed by atoms with Crippen LogP contribution in [0.15, 0.2) is 12.2 Å². The Kier molecular flexibility index (Phi) is 5.74. The summed E-state index contributed by atoms with van der Waals surface area (Å²) in [5.41, 5.74) is 0.685. The van der Waals surface area contributed by atoms with Crippen molar-refractivity contribution < 1.29 is 28.6 Å². The largest absolute Gasteiger partial charge is 0.465 e. The molecule has 4 fully saturated rings. The summed E-state index contributed by atoms with van der Waals surface area (Å²) in [5, 5.41) is 0. The van der Waals surface area contributed by atoms with E-state index in [-0.39, 0.29) is 53.5 Å². The number of hydrogen-bond donors (Lipinski definition) is 0. The van der Waals surface area contributed by atoms with Crippen LogP contribution in [0.2, 0.25) is 0 Å². The molecule has 0 amide bonds. The van der Waals surface area contributed by atoms with Gasteiger partial charge in [-0.2, -0.15) is 0 Å². The number of allylic oxidation sites excluding steroid dienone is 1. The first-order valence-corrected chi connectivity index (χ1v) is 12.1. The Labute approximate surface area is 191 Å². The minimum atomic E-state index is -0.545. The fourth-order valence-electron chi connectivity index (χ4n) is 8.46. The van der Waals surface area contributed by atoms with Crippen LogP contribution in [0.3, 0.4) is 0 Å². The van der Waals surface area contributed by atoms with Crippen LogP contribution in [0, 0.1) is 34.0 Å². The molecule has 2 bridgehead atoms. The van der Waals surface area contributed by atoms with E-state index >= 15 is 0 Å². The number of fused-ring (bicyclic) bond motifs is 3. The molecule has 32 heavy (non-hydrogen) atoms. The van der Waals surface area contributed by atoms with Gasteiger partial charge in [-0.25, -0.2) is 0 Å². The standard InChI is InChI=1S/C26H38O6/c1-15-12-26-13-19(15)7-8-20(26)24(5)10-9-22(31-17(3)28)25(6,14-30-16(2)27)21(24)11-23(26)32-18(4)29/h19-23H,1,7-14H2,2-6H3/t19-,20+,21-,22-,23+,24+,25-,26+/m1/s1. The number of ether oxygens (including phenoxy) is 3. The van der Waals surface area contributed by atoms with Crippen molar-refractivity contribution in [1.82, 2.24) is 0 Å². The molecule has 6 heteroatoms. The molecule has 4 aliphatic rings. The number of carbonyl (C=O) groups excluding carboxylic acids is 3. The molecule has 0 aliphatic heterocycles. The minimum absolute atomic E-state index is 0.0161. The highest BCUT2D eigenvalue weighted by molar-refractivity contribution is 5.67. The lowest BCUT2D eigenvalue weighted by atomic mass is 9.40. The van der Waals surface area contributed by atoms with Crippen molar-refractivity contribution in [1.29, 1.82) is 0 Å². The maximum Gasteiger partial charge on any atom is 0.302 e. The van der Waals surface area contributed by atoms with Gasteiger partial charge in [-0.15, -0.1) is 0 Å². The maximum absolute atomic E-state index is 12.2. The molecule has 0 aromatic heterocycles. The second kappa shape index (κ2) is 7.88. The Morgan fingerprint density at radius 3 is 2.22 bits per heavy atom. The smallest absolute Gasteiger partial charge is 0.302 e. The van der Waals surface area contributed by atoms with Gasteiger partial charge in [0, 0.05) is 31.6 Å². The van der Waals surface area contributed by atoms with Gasteiger partial charge < -0.3 is 14.2 Å². The Balaban J connectivity index is 1.78. The van der Waals surface area contributed by atoms with Crippen molar-refractivity contribution in [2.45, 2.75) is 91.8 Å². The molecule has 4 saturated carbocycles. The van der Waals surface area contributed by atoms with Crippen molar-refractivity contribution >= 4 is 17.9 Å². The van der Waals surface area contributed by atoms with E-state index in [2.05, 4.69) is 20.4 Å². The molecule has 4 rings (SSSR count). The normalized spacial score (nSPS) is 44.8. The number of hydrogen-bond acceptors (Lipinski definition) is 6. The van der Waals surface area contributed by atoms with E-state index in [1.165, 1.54) is 26.3 Å². The second-order valence-corrected chi connectivity index (χ2v) is 11.4. The monoisotopic (exact) mass is 446 g/mol. The van der Waals surface area contributed by atoms with E-state index in [4.69, 9.17) is 14.2 Å². The van der Waals surface area contributed by atoms with Crippen LogP contribution in [-0.4, -0.2) is 36.7 Å². The van der Waals surface area contributed by atoms with Crippen molar-refractivity contribution in [2.24, 2.45) is 34.0 Å². The Bertz CT molecular complexity index is 834. The lowest BCUT2D eigenvalue weighted by molar-refractivity contribution is -0.243. The molecule has 0 saturated heterocycles. The van der Waals surface area contributed by atoms with Crippen LogP contribution in [0.25, 0.3) is 0 Å². The first-order chi connectivity index (χ1) is 14.9. The average Bonchev–Trinajstić information content (AvgIpc) is 2.94. The Hall–Kier alpha value is -1.85. The van der Waals surface area contributed by atoms with Gasteiger partial charge in [-0.05, 0) is 68.1 Å². The molecule has 4 aliphatic carbocycles. The Morgan fingerprint density at radius 1 is 0.938 bits per heavy atom. The van der Waals surface area contributed by atoms with Crippen molar-refractivity contribution in [2.75, 3.05) is 6.61 Å². The zero-order valence-corrected chi connectivity index (χ0v) is 20.2. The van der Waals surface area contributed by atoms with Crippen LogP contribution in [0.5, 0.6) is 0 Å². The van der Waals surface area contributed by atoms with Crippen molar-refractivity contribution in [3.8, 4) is 0 Å². The molecule has 0 N–H and O–H groups in total. The highest BCUT2D eigenvalue weighted by Crippen LogP contribution is 2.72. The fourth-order valence-corrected chi connectivity index (χ4v) is 8.46. The fraction of sp³-hybridized carbons (Fsp3) is 0.808. The summed E-state index contributed by atoms with van der Waals surface area (Å²) in [4.78, 5) is 35.9. The summed E-state index contributed by atoms with van der Waals surface area (Å²) in [6.07, 6.45) is 6.06. The molecule has 6 nitrogen and oxygen atoms in total. The van der Waals surface area contributed by atoms with Gasteiger partial charge in [-0.1, -0.05) is 26.0 Å². The predicted molar refractivity (Wildman–Crippen MR) is 118 cm³/mol. The molecule has 0 unspecified atom stereocenters. The quantitative estimate of drug-likeness (QED) is 0.357. The van der Waals surface area contributed by atoms with Gasteiger partial charge in [-0.3, -0.25) is 14.4 Å². The molecular formula is C26H38O6. The van der Waals surface area contributed by atoms with E-state index in [1.54, 1.807) is 0 Å². The molecular weight excluding hydrogens is 408 g/mol. The predicted octanol–water partition coefficient (Wildman–Crippen LogP) is 4.60. The number of rotatable bonds is 4. The highest BCUT2D eigenvalue weighted by atomic mass is 16.6. The van der Waals surface area contributed by atoms with Gasteiger partial charge >= 0.3 is 17.9 Å². The summed E-state index contributed by atoms with van der Waals surface area (Å²) in [5.74, 6) is 0.108. The van der Waals surface area contributed by atoms with Gasteiger partial charge in [0.05, 0.1) is 0 Å². The van der Waals surface area contributed by atoms with E-state index < -0.39 is 5.41 Å². The van der Waals surface area contributed by atoms with Gasteiger partial charge in [0.1, 0.15) is 18.8 Å². The van der Waals surface area contributed by atoms with E-state index in [0.29, 0.717) is 18.3 Å². The summed E-state index contributed by atoms with van der Waals surface area (Å²) in [7, 11) is 0. The first kappa shape index (κ1) is 23.3. The molecule has 0 heterocycles. The van der Waals surface area contributed by atoms with Crippen LogP contribution in [-0.2, 0) is 28.6 Å². The van der Waals surface area contributed by atoms with Gasteiger partial charge in [0.2, 0.25) is 0 Å². The third-order valence-corrected chi connectivity index (χ3v) is 9.62. The molecule has 0 aromatic rings. The van der Waals surface area contributed by atoms with Crippen LogP contribution in [0.4, 0.5) is 0 Å². The van der Waals surface area contributed by atoms with Crippen molar-refractivity contribution in [3.05, 3.63) is 12.2 Å². The second-order valence-electron chi connectivity index (χ2n) is 11.4. The van der Waals surface area contributed by atoms with Gasteiger partial charge in [0.25, 0.3) is 0 Å². The first-order valence-electron chi connectivity index (χ1n) is 12.1. The van der Waals surface area contributed by atoms with Crippen LogP contribution < -0.4 is 0 Å². The minimum Gasteiger partial charge on any atom is -0.465 e. The highest BCUT2D eigenvalue weighted by Gasteiger charge is 2.69. The zero-order valence-electron chi connectivity index (χ0n) is 20.2. The third kappa shape index (κ3) is 3.49. The van der Waals surface area contributed by atoms with Gasteiger partial charge in [0.15, 0.2) is 0 Å². The van der Waals surface area contributed by atoms with Crippen LogP contribution >= 0.6 is 0 Å². The number of esters is 3. The SMILES string of the molecule is C=C1C[C@]23C[C@H]1CC[C@H]2[C@]1(C)CC[C@@H](OC(C)=O)[C@](C)(COC(C)=O)[C@@H]1C[C@@H]3OC(C)=O. The molecule has 0 radical (unpaired) electrons. The third-order valence-electron chi connectivity index (χ3n) is 9.62. The van der Waals surface area contributed by atoms with E-state index in [0.717, 1.165) is 38.5 Å². The maximum atomic E-state index is 12.2. The topological polar surface area (TPSA) is 78.9 Å². The molecule has 178 valence electrons. The molecule has 8 atom stereocenters. The molecule has 0 aromatic carbocycles. The lowest BCUT2D eigenvalue weighted by Crippen LogP contribution is -2.65. The molecule has 1 spiro atoms. The zero-order chi connectivity index (χ0) is 23.5. The van der Waals surface area contributed by atoms with E-state index in [1.807, 2.05) is 0 Å². The van der Waals surface area contributed by atoms with E-state index in [9.17, 15) is 14.4 Å². The van der Waals surface area contributed by atoms with Crippen LogP contribution in [0.1, 0.15) is 79.6 Å². The number of carbonyl (C=O) groups is 3. The average molecular weight is 447 g/mol. The van der Waals surface area contributed by atoms with Crippen molar-refractivity contribution in [3.63, 3.8) is 0 Å². The lowest BCUT2D eigenvalue weighted by Gasteiger charge is -2.66. The Morgan fingerprint density at radius 2 is 1.59 bits per heavy atom. The summed E-state index contributed by atoms with van der Waals surface area (Å²) < 4.78 is 17.4.